The van der Waals surface area contributed by atoms with Crippen LogP contribution in [0.1, 0.15) is 11.1 Å². The summed E-state index contributed by atoms with van der Waals surface area (Å²) in [6, 6.07) is 11.9. The van der Waals surface area contributed by atoms with Crippen LogP contribution in [0.15, 0.2) is 57.9 Å². The van der Waals surface area contributed by atoms with Gasteiger partial charge in [-0.2, -0.15) is 13.2 Å². The molecule has 25 heavy (non-hydrogen) atoms. The van der Waals surface area contributed by atoms with Crippen LogP contribution in [0.25, 0.3) is 6.08 Å². The summed E-state index contributed by atoms with van der Waals surface area (Å²) in [7, 11) is 0. The van der Waals surface area contributed by atoms with Crippen molar-refractivity contribution in [1.82, 2.24) is 0 Å². The lowest BCUT2D eigenvalue weighted by Gasteiger charge is -2.14. The Kier molecular flexibility index (Phi) is 5.04. The Hall–Kier alpha value is -1.64. The van der Waals surface area contributed by atoms with E-state index in [4.69, 9.17) is 12.2 Å². The fourth-order valence-electron chi connectivity index (χ4n) is 2.24. The van der Waals surface area contributed by atoms with Crippen LogP contribution in [0, 0.1) is 0 Å². The van der Waals surface area contributed by atoms with E-state index in [0.717, 1.165) is 28.4 Å². The number of anilines is 1. The third-order valence-electron chi connectivity index (χ3n) is 3.39. The molecule has 1 amide bonds. The molecule has 1 saturated heterocycles. The molecule has 0 N–H and O–H groups in total. The van der Waals surface area contributed by atoms with E-state index in [1.165, 1.54) is 23.1 Å². The zero-order chi connectivity index (χ0) is 18.2. The van der Waals surface area contributed by atoms with Gasteiger partial charge in [-0.25, -0.2) is 0 Å². The summed E-state index contributed by atoms with van der Waals surface area (Å²) in [5.41, 5.74) is 0.147. The summed E-state index contributed by atoms with van der Waals surface area (Å²) in [4.78, 5) is 14.3. The van der Waals surface area contributed by atoms with Gasteiger partial charge in [0, 0.05) is 4.47 Å². The van der Waals surface area contributed by atoms with E-state index in [1.807, 2.05) is 0 Å². The lowest BCUT2D eigenvalue weighted by molar-refractivity contribution is -0.137. The molecule has 128 valence electrons. The summed E-state index contributed by atoms with van der Waals surface area (Å²) in [6.07, 6.45) is -3.01. The summed E-state index contributed by atoms with van der Waals surface area (Å²) in [5.74, 6) is -0.352. The van der Waals surface area contributed by atoms with Crippen LogP contribution in [0.3, 0.4) is 0 Å². The Labute approximate surface area is 159 Å². The first-order valence-corrected chi connectivity index (χ1v) is 8.98. The van der Waals surface area contributed by atoms with Crippen LogP contribution in [0.2, 0.25) is 0 Å². The highest BCUT2D eigenvalue weighted by Crippen LogP contribution is 2.37. The second kappa shape index (κ2) is 6.93. The Morgan fingerprint density at radius 1 is 1.12 bits per heavy atom. The summed E-state index contributed by atoms with van der Waals surface area (Å²) >= 11 is 9.63. The van der Waals surface area contributed by atoms with Gasteiger partial charge in [-0.1, -0.05) is 52.0 Å². The highest BCUT2D eigenvalue weighted by molar-refractivity contribution is 9.10. The molecule has 3 rings (SSSR count). The maximum atomic E-state index is 12.8. The number of alkyl halides is 3. The third kappa shape index (κ3) is 3.96. The van der Waals surface area contributed by atoms with Crippen LogP contribution in [0.4, 0.5) is 18.9 Å². The standard InChI is InChI=1S/C17H9BrF3NOS2/c18-12-4-6-13(7-5-12)22-15(23)14(25-16(22)24)9-10-2-1-3-11(8-10)17(19,20)21/h1-9H/b14-9+. The number of halogens is 4. The van der Waals surface area contributed by atoms with E-state index in [2.05, 4.69) is 15.9 Å². The number of rotatable bonds is 2. The number of hydrogen-bond acceptors (Lipinski definition) is 3. The molecule has 0 atom stereocenters. The largest absolute Gasteiger partial charge is 0.416 e. The van der Waals surface area contributed by atoms with Gasteiger partial charge in [-0.15, -0.1) is 0 Å². The molecule has 2 aromatic rings. The Morgan fingerprint density at radius 3 is 2.44 bits per heavy atom. The summed E-state index contributed by atoms with van der Waals surface area (Å²) < 4.78 is 39.6. The summed E-state index contributed by atoms with van der Waals surface area (Å²) in [6.45, 7) is 0. The zero-order valence-corrected chi connectivity index (χ0v) is 15.6. The minimum absolute atomic E-state index is 0.284. The molecule has 0 aliphatic carbocycles. The second-order valence-corrected chi connectivity index (χ2v) is 7.71. The van der Waals surface area contributed by atoms with Crippen molar-refractivity contribution in [2.45, 2.75) is 6.18 Å². The number of thiocarbonyl (C=S) groups is 1. The average molecular weight is 444 g/mol. The van der Waals surface area contributed by atoms with Gasteiger partial charge in [0.05, 0.1) is 16.2 Å². The maximum Gasteiger partial charge on any atom is 0.416 e. The molecular weight excluding hydrogens is 435 g/mol. The summed E-state index contributed by atoms with van der Waals surface area (Å²) in [5, 5.41) is 0. The fraction of sp³-hybridized carbons (Fsp3) is 0.0588. The molecule has 0 bridgehead atoms. The van der Waals surface area contributed by atoms with Gasteiger partial charge in [0.2, 0.25) is 0 Å². The molecule has 0 aromatic heterocycles. The molecule has 1 aliphatic rings. The van der Waals surface area contributed by atoms with Gasteiger partial charge in [0.15, 0.2) is 4.32 Å². The van der Waals surface area contributed by atoms with E-state index in [0.29, 0.717) is 15.6 Å². The topological polar surface area (TPSA) is 20.3 Å². The second-order valence-electron chi connectivity index (χ2n) is 5.12. The highest BCUT2D eigenvalue weighted by atomic mass is 79.9. The average Bonchev–Trinajstić information content (AvgIpc) is 2.82. The normalized spacial score (nSPS) is 16.8. The molecule has 0 saturated carbocycles. The van der Waals surface area contributed by atoms with Crippen LogP contribution >= 0.6 is 39.9 Å². The first-order chi connectivity index (χ1) is 11.8. The molecule has 2 aromatic carbocycles. The van der Waals surface area contributed by atoms with Crippen LogP contribution in [0.5, 0.6) is 0 Å². The smallest absolute Gasteiger partial charge is 0.268 e. The van der Waals surface area contributed by atoms with Crippen molar-refractivity contribution in [3.8, 4) is 0 Å². The SMILES string of the molecule is O=C1/C(=C\c2cccc(C(F)(F)F)c2)SC(=S)N1c1ccc(Br)cc1. The van der Waals surface area contributed by atoms with Crippen molar-refractivity contribution >= 4 is 61.9 Å². The van der Waals surface area contributed by atoms with Gasteiger partial charge in [-0.3, -0.25) is 9.69 Å². The first-order valence-electron chi connectivity index (χ1n) is 6.96. The molecule has 8 heteroatoms. The minimum atomic E-state index is -4.43. The van der Waals surface area contributed by atoms with Crippen molar-refractivity contribution in [1.29, 1.82) is 0 Å². The molecule has 0 spiro atoms. The fourth-order valence-corrected chi connectivity index (χ4v) is 3.80. The van der Waals surface area contributed by atoms with Gasteiger partial charge in [0.1, 0.15) is 0 Å². The van der Waals surface area contributed by atoms with Crippen molar-refractivity contribution in [2.24, 2.45) is 0 Å². The van der Waals surface area contributed by atoms with Gasteiger partial charge in [0.25, 0.3) is 5.91 Å². The number of carbonyl (C=O) groups excluding carboxylic acids is 1. The number of hydrogen-bond donors (Lipinski definition) is 0. The zero-order valence-electron chi connectivity index (χ0n) is 12.4. The molecule has 1 fully saturated rings. The number of nitrogens with zero attached hydrogens (tertiary/aromatic N) is 1. The van der Waals surface area contributed by atoms with E-state index in [-0.39, 0.29) is 10.8 Å². The van der Waals surface area contributed by atoms with Crippen molar-refractivity contribution < 1.29 is 18.0 Å². The van der Waals surface area contributed by atoms with Gasteiger partial charge in [-0.05, 0) is 48.0 Å². The van der Waals surface area contributed by atoms with Gasteiger partial charge < -0.3 is 0 Å². The first kappa shape index (κ1) is 18.2. The van der Waals surface area contributed by atoms with Gasteiger partial charge >= 0.3 is 6.18 Å². The van der Waals surface area contributed by atoms with Crippen molar-refractivity contribution in [3.05, 3.63) is 69.0 Å². The van der Waals surface area contributed by atoms with Crippen LogP contribution in [-0.2, 0) is 11.0 Å². The lowest BCUT2D eigenvalue weighted by Crippen LogP contribution is -2.27. The highest BCUT2D eigenvalue weighted by Gasteiger charge is 2.34. The number of amides is 1. The molecular formula is C17H9BrF3NOS2. The monoisotopic (exact) mass is 443 g/mol. The van der Waals surface area contributed by atoms with Crippen LogP contribution < -0.4 is 4.90 Å². The number of thioether (sulfide) groups is 1. The number of benzene rings is 2. The Morgan fingerprint density at radius 2 is 1.80 bits per heavy atom. The van der Waals surface area contributed by atoms with Crippen LogP contribution in [-0.4, -0.2) is 10.2 Å². The van der Waals surface area contributed by atoms with E-state index < -0.39 is 11.7 Å². The Balaban J connectivity index is 1.92. The quantitative estimate of drug-likeness (QED) is 0.427. The van der Waals surface area contributed by atoms with E-state index in [1.54, 1.807) is 24.3 Å². The molecule has 0 radical (unpaired) electrons. The van der Waals surface area contributed by atoms with E-state index >= 15 is 0 Å². The molecule has 2 nitrogen and oxygen atoms in total. The Bertz CT molecular complexity index is 878. The molecule has 1 heterocycles. The predicted octanol–water partition coefficient (Wildman–Crippen LogP) is 5.87. The molecule has 1 aliphatic heterocycles. The predicted molar refractivity (Wildman–Crippen MR) is 101 cm³/mol. The molecule has 0 unspecified atom stereocenters. The van der Waals surface area contributed by atoms with E-state index in [9.17, 15) is 18.0 Å². The third-order valence-corrected chi connectivity index (χ3v) is 5.22. The maximum absolute atomic E-state index is 12.8. The number of carbonyl (C=O) groups is 1. The lowest BCUT2D eigenvalue weighted by atomic mass is 10.1. The van der Waals surface area contributed by atoms with Crippen molar-refractivity contribution in [2.75, 3.05) is 4.90 Å². The van der Waals surface area contributed by atoms with Crippen molar-refractivity contribution in [3.63, 3.8) is 0 Å². The minimum Gasteiger partial charge on any atom is -0.268 e.